The molecule has 0 unspecified atom stereocenters. The number of nitrogens with zero attached hydrogens (tertiary/aromatic N) is 1. The third-order valence-corrected chi connectivity index (χ3v) is 6.79. The number of carbonyl (C=O) groups excluding carboxylic acids is 2. The summed E-state index contributed by atoms with van der Waals surface area (Å²) in [4.78, 5) is 29.0. The number of para-hydroxylation sites is 3. The maximum Gasteiger partial charge on any atom is 0.239 e. The maximum atomic E-state index is 13.8. The van der Waals surface area contributed by atoms with Gasteiger partial charge in [0, 0.05) is 23.3 Å². The normalized spacial score (nSPS) is 18.6. The highest BCUT2D eigenvalue weighted by atomic mass is 16.5. The van der Waals surface area contributed by atoms with Crippen molar-refractivity contribution in [3.63, 3.8) is 0 Å². The molecule has 3 aromatic rings. The highest BCUT2D eigenvalue weighted by Gasteiger charge is 2.42. The zero-order chi connectivity index (χ0) is 25.3. The van der Waals surface area contributed by atoms with Crippen LogP contribution in [0.15, 0.2) is 82.6 Å². The van der Waals surface area contributed by atoms with Crippen molar-refractivity contribution in [1.29, 1.82) is 0 Å². The molecule has 2 aromatic carbocycles. The molecule has 0 spiro atoms. The van der Waals surface area contributed by atoms with Crippen molar-refractivity contribution in [2.24, 2.45) is 5.41 Å². The second-order valence-corrected chi connectivity index (χ2v) is 10.1. The van der Waals surface area contributed by atoms with E-state index in [-0.39, 0.29) is 23.7 Å². The van der Waals surface area contributed by atoms with Gasteiger partial charge in [0.15, 0.2) is 5.78 Å². The smallest absolute Gasteiger partial charge is 0.239 e. The van der Waals surface area contributed by atoms with Crippen molar-refractivity contribution >= 4 is 23.1 Å². The number of nitrogens with one attached hydrogen (secondary N) is 2. The lowest BCUT2D eigenvalue weighted by Crippen LogP contribution is -2.42. The highest BCUT2D eigenvalue weighted by Crippen LogP contribution is 2.49. The summed E-state index contributed by atoms with van der Waals surface area (Å²) in [6.45, 7) is 4.58. The summed E-state index contributed by atoms with van der Waals surface area (Å²) in [5.41, 5.74) is 3.98. The molecule has 0 bridgehead atoms. The Labute approximate surface area is 211 Å². The minimum Gasteiger partial charge on any atom is -0.496 e. The number of amides is 1. The topological polar surface area (TPSA) is 83.8 Å². The molecule has 0 saturated carbocycles. The number of Topliss-reactive ketones (excluding diaryl/α,β-unsaturated/α-hetero) is 1. The zero-order valence-electron chi connectivity index (χ0n) is 20.8. The van der Waals surface area contributed by atoms with Crippen LogP contribution in [0.1, 0.15) is 44.1 Å². The summed E-state index contributed by atoms with van der Waals surface area (Å²) in [6, 6.07) is 18.7. The standard InChI is InChI=1S/C29H31N3O4/c1-29(2)15-22-27(24(33)16-29)28(20-10-4-7-13-25(20)35-3)32(23-12-6-5-11-21(23)31-22)18-26(34)30-17-19-9-8-14-36-19/h4-14,28,31H,15-18H2,1-3H3,(H,30,34)/t28-/m1/s1. The number of allylic oxidation sites excluding steroid dienone is 1. The molecule has 2 aliphatic rings. The number of carbonyl (C=O) groups is 2. The second kappa shape index (κ2) is 9.57. The fourth-order valence-electron chi connectivity index (χ4n) is 5.25. The predicted molar refractivity (Wildman–Crippen MR) is 139 cm³/mol. The maximum absolute atomic E-state index is 13.8. The average molecular weight is 486 g/mol. The number of benzene rings is 2. The lowest BCUT2D eigenvalue weighted by molar-refractivity contribution is -0.121. The summed E-state index contributed by atoms with van der Waals surface area (Å²) in [7, 11) is 1.63. The molecule has 1 amide bonds. The Kier molecular flexibility index (Phi) is 6.31. The quantitative estimate of drug-likeness (QED) is 0.498. The molecule has 7 nitrogen and oxygen atoms in total. The Morgan fingerprint density at radius 3 is 2.67 bits per heavy atom. The zero-order valence-corrected chi connectivity index (χ0v) is 20.8. The Balaban J connectivity index is 1.63. The number of hydrogen-bond donors (Lipinski definition) is 2. The molecule has 1 aliphatic heterocycles. The van der Waals surface area contributed by atoms with E-state index in [9.17, 15) is 9.59 Å². The summed E-state index contributed by atoms with van der Waals surface area (Å²) in [6.07, 6.45) is 2.75. The van der Waals surface area contributed by atoms with E-state index in [1.54, 1.807) is 19.4 Å². The number of rotatable bonds is 6. The second-order valence-electron chi connectivity index (χ2n) is 10.1. The molecule has 1 aliphatic carbocycles. The molecule has 1 atom stereocenters. The first-order valence-electron chi connectivity index (χ1n) is 12.2. The highest BCUT2D eigenvalue weighted by molar-refractivity contribution is 6.02. The SMILES string of the molecule is COc1ccccc1[C@@H]1C2=C(CC(C)(C)CC2=O)Nc2ccccc2N1CC(=O)NCc1ccco1. The Morgan fingerprint density at radius 2 is 1.89 bits per heavy atom. The molecule has 2 N–H and O–H groups in total. The number of fused-ring (bicyclic) bond motifs is 1. The molecule has 2 heterocycles. The summed E-state index contributed by atoms with van der Waals surface area (Å²) >= 11 is 0. The first-order chi connectivity index (χ1) is 17.4. The lowest BCUT2D eigenvalue weighted by Gasteiger charge is -2.38. The molecule has 186 valence electrons. The van der Waals surface area contributed by atoms with Crippen molar-refractivity contribution in [3.8, 4) is 5.75 Å². The van der Waals surface area contributed by atoms with Gasteiger partial charge in [-0.25, -0.2) is 0 Å². The Hall–Kier alpha value is -4.00. The van der Waals surface area contributed by atoms with E-state index in [0.29, 0.717) is 30.0 Å². The average Bonchev–Trinajstić information content (AvgIpc) is 3.33. The lowest BCUT2D eigenvalue weighted by atomic mass is 9.73. The van der Waals surface area contributed by atoms with E-state index >= 15 is 0 Å². The third-order valence-electron chi connectivity index (χ3n) is 6.79. The van der Waals surface area contributed by atoms with Gasteiger partial charge in [-0.1, -0.05) is 44.2 Å². The number of methoxy groups -OCH3 is 1. The monoisotopic (exact) mass is 485 g/mol. The van der Waals surface area contributed by atoms with Gasteiger partial charge < -0.3 is 24.7 Å². The van der Waals surface area contributed by atoms with Crippen LogP contribution in [0.25, 0.3) is 0 Å². The van der Waals surface area contributed by atoms with E-state index in [1.165, 1.54) is 0 Å². The van der Waals surface area contributed by atoms with Crippen LogP contribution in [0.5, 0.6) is 5.75 Å². The first-order valence-corrected chi connectivity index (χ1v) is 12.2. The van der Waals surface area contributed by atoms with Crippen molar-refractivity contribution in [2.75, 3.05) is 23.9 Å². The van der Waals surface area contributed by atoms with E-state index < -0.39 is 6.04 Å². The first kappa shape index (κ1) is 23.7. The number of ether oxygens (including phenoxy) is 1. The van der Waals surface area contributed by atoms with Crippen LogP contribution in [-0.4, -0.2) is 25.3 Å². The molecule has 36 heavy (non-hydrogen) atoms. The number of hydrogen-bond acceptors (Lipinski definition) is 6. The van der Waals surface area contributed by atoms with Gasteiger partial charge >= 0.3 is 0 Å². The van der Waals surface area contributed by atoms with Crippen LogP contribution in [0.3, 0.4) is 0 Å². The van der Waals surface area contributed by atoms with Crippen LogP contribution in [0.4, 0.5) is 11.4 Å². The summed E-state index contributed by atoms with van der Waals surface area (Å²) in [5, 5.41) is 6.53. The fourth-order valence-corrected chi connectivity index (χ4v) is 5.25. The summed E-state index contributed by atoms with van der Waals surface area (Å²) in [5.74, 6) is 1.26. The van der Waals surface area contributed by atoms with Crippen LogP contribution >= 0.6 is 0 Å². The molecule has 0 radical (unpaired) electrons. The molecule has 5 rings (SSSR count). The minimum absolute atomic E-state index is 0.0512. The molecular formula is C29H31N3O4. The van der Waals surface area contributed by atoms with Crippen LogP contribution in [0, 0.1) is 5.41 Å². The van der Waals surface area contributed by atoms with E-state index in [4.69, 9.17) is 9.15 Å². The molecule has 0 fully saturated rings. The Morgan fingerprint density at radius 1 is 1.11 bits per heavy atom. The molecular weight excluding hydrogens is 454 g/mol. The van der Waals surface area contributed by atoms with Gasteiger partial charge in [-0.05, 0) is 42.2 Å². The van der Waals surface area contributed by atoms with Gasteiger partial charge in [0.05, 0.1) is 43.9 Å². The molecule has 1 aromatic heterocycles. The predicted octanol–water partition coefficient (Wildman–Crippen LogP) is 5.22. The van der Waals surface area contributed by atoms with Gasteiger partial charge in [-0.2, -0.15) is 0 Å². The van der Waals surface area contributed by atoms with Crippen molar-refractivity contribution in [1.82, 2.24) is 5.32 Å². The third kappa shape index (κ3) is 4.61. The van der Waals surface area contributed by atoms with Crippen LogP contribution in [-0.2, 0) is 16.1 Å². The van der Waals surface area contributed by atoms with Crippen molar-refractivity contribution in [3.05, 3.63) is 89.5 Å². The van der Waals surface area contributed by atoms with Crippen molar-refractivity contribution in [2.45, 2.75) is 39.3 Å². The molecule has 7 heteroatoms. The van der Waals surface area contributed by atoms with Gasteiger partial charge in [0.2, 0.25) is 5.91 Å². The number of ketones is 1. The summed E-state index contributed by atoms with van der Waals surface area (Å²) < 4.78 is 11.1. The minimum atomic E-state index is -0.495. The van der Waals surface area contributed by atoms with E-state index in [2.05, 4.69) is 24.5 Å². The van der Waals surface area contributed by atoms with Gasteiger partial charge in [0.25, 0.3) is 0 Å². The van der Waals surface area contributed by atoms with Crippen LogP contribution in [0.2, 0.25) is 0 Å². The molecule has 0 saturated heterocycles. The fraction of sp³-hybridized carbons (Fsp3) is 0.310. The Bertz CT molecular complexity index is 1310. The van der Waals surface area contributed by atoms with Crippen molar-refractivity contribution < 1.29 is 18.7 Å². The van der Waals surface area contributed by atoms with Gasteiger partial charge in [-0.3, -0.25) is 9.59 Å². The number of furan rings is 1. The van der Waals surface area contributed by atoms with E-state index in [1.807, 2.05) is 59.5 Å². The van der Waals surface area contributed by atoms with Gasteiger partial charge in [0.1, 0.15) is 11.5 Å². The largest absolute Gasteiger partial charge is 0.496 e. The van der Waals surface area contributed by atoms with Gasteiger partial charge in [-0.15, -0.1) is 0 Å². The van der Waals surface area contributed by atoms with Crippen LogP contribution < -0.4 is 20.3 Å². The van der Waals surface area contributed by atoms with E-state index in [0.717, 1.165) is 29.1 Å². The number of anilines is 2.